The summed E-state index contributed by atoms with van der Waals surface area (Å²) in [6, 6.07) is 15.9. The minimum absolute atomic E-state index is 0.00160. The highest BCUT2D eigenvalue weighted by Crippen LogP contribution is 2.21. The molecule has 0 unspecified atom stereocenters. The average Bonchev–Trinajstić information content (AvgIpc) is 3.26. The summed E-state index contributed by atoms with van der Waals surface area (Å²) in [6.07, 6.45) is 1.96. The van der Waals surface area contributed by atoms with Crippen molar-refractivity contribution >= 4 is 40.8 Å². The zero-order valence-corrected chi connectivity index (χ0v) is 19.3. The van der Waals surface area contributed by atoms with Crippen LogP contribution in [-0.2, 0) is 11.2 Å². The van der Waals surface area contributed by atoms with Crippen molar-refractivity contribution < 1.29 is 9.59 Å². The van der Waals surface area contributed by atoms with Crippen molar-refractivity contribution in [2.75, 3.05) is 5.32 Å². The Morgan fingerprint density at radius 3 is 2.45 bits per heavy atom. The Kier molecular flexibility index (Phi) is 7.84. The van der Waals surface area contributed by atoms with Crippen molar-refractivity contribution in [3.8, 4) is 0 Å². The van der Waals surface area contributed by atoms with Gasteiger partial charge in [0, 0.05) is 33.6 Å². The van der Waals surface area contributed by atoms with Crippen LogP contribution in [-0.4, -0.2) is 28.4 Å². The van der Waals surface area contributed by atoms with Crippen LogP contribution in [0.15, 0.2) is 71.1 Å². The largest absolute Gasteiger partial charge is 0.339 e. The molecule has 3 rings (SSSR count). The summed E-state index contributed by atoms with van der Waals surface area (Å²) in [5.41, 5.74) is 0.950. The Morgan fingerprint density at radius 1 is 1.06 bits per heavy atom. The highest BCUT2D eigenvalue weighted by Gasteiger charge is 2.23. The number of anilines is 1. The fourth-order valence-electron chi connectivity index (χ4n) is 2.62. The molecule has 1 atom stereocenters. The van der Waals surface area contributed by atoms with Gasteiger partial charge in [-0.1, -0.05) is 12.1 Å². The van der Waals surface area contributed by atoms with Gasteiger partial charge in [0.1, 0.15) is 11.7 Å². The minimum atomic E-state index is -0.718. The summed E-state index contributed by atoms with van der Waals surface area (Å²) < 4.78 is 3.36. The molecular formula is C23H26N4O2S2. The van der Waals surface area contributed by atoms with Crippen LogP contribution in [0, 0.1) is 0 Å². The lowest BCUT2D eigenvalue weighted by Crippen LogP contribution is -2.45. The molecule has 2 amide bonds. The predicted octanol–water partition coefficient (Wildman–Crippen LogP) is 4.52. The van der Waals surface area contributed by atoms with Gasteiger partial charge in [-0.25, -0.2) is 0 Å². The van der Waals surface area contributed by atoms with Crippen LogP contribution in [0.5, 0.6) is 0 Å². The monoisotopic (exact) mass is 454 g/mol. The molecule has 31 heavy (non-hydrogen) atoms. The molecule has 2 aromatic heterocycles. The lowest BCUT2D eigenvalue weighted by Gasteiger charge is -2.20. The fraction of sp³-hybridized carbons (Fsp3) is 0.261. The number of thiophene rings is 1. The van der Waals surface area contributed by atoms with Gasteiger partial charge in [-0.2, -0.15) is 0 Å². The molecule has 3 aromatic rings. The molecule has 162 valence electrons. The number of pyridine rings is 1. The fourth-order valence-corrected chi connectivity index (χ4v) is 4.06. The van der Waals surface area contributed by atoms with Crippen LogP contribution >= 0.6 is 23.3 Å². The van der Waals surface area contributed by atoms with E-state index in [-0.39, 0.29) is 23.0 Å². The van der Waals surface area contributed by atoms with Gasteiger partial charge >= 0.3 is 0 Å². The summed E-state index contributed by atoms with van der Waals surface area (Å²) in [7, 11) is 0. The van der Waals surface area contributed by atoms with E-state index in [1.807, 2.05) is 41.8 Å². The number of hydrogen-bond acceptors (Lipinski definition) is 6. The summed E-state index contributed by atoms with van der Waals surface area (Å²) in [4.78, 5) is 31.7. The van der Waals surface area contributed by atoms with E-state index in [0.717, 1.165) is 9.77 Å². The van der Waals surface area contributed by atoms with Gasteiger partial charge in [-0.3, -0.25) is 19.3 Å². The van der Waals surface area contributed by atoms with Gasteiger partial charge in [0.2, 0.25) is 5.91 Å². The third-order valence-corrected chi connectivity index (χ3v) is 6.22. The smallest absolute Gasteiger partial charge is 0.270 e. The molecule has 0 aliphatic carbocycles. The normalized spacial score (nSPS) is 12.2. The molecular weight excluding hydrogens is 428 g/mol. The average molecular weight is 455 g/mol. The summed E-state index contributed by atoms with van der Waals surface area (Å²) >= 11 is 3.10. The van der Waals surface area contributed by atoms with Crippen molar-refractivity contribution in [3.63, 3.8) is 0 Å². The van der Waals surface area contributed by atoms with Crippen molar-refractivity contribution in [1.29, 1.82) is 0 Å². The van der Waals surface area contributed by atoms with E-state index >= 15 is 0 Å². The van der Waals surface area contributed by atoms with Crippen LogP contribution in [0.3, 0.4) is 0 Å². The Labute approximate surface area is 191 Å². The molecule has 0 saturated carbocycles. The van der Waals surface area contributed by atoms with Gasteiger partial charge in [-0.05, 0) is 80.6 Å². The maximum atomic E-state index is 13.0. The minimum Gasteiger partial charge on any atom is -0.339 e. The lowest BCUT2D eigenvalue weighted by molar-refractivity contribution is -0.117. The number of carbonyl (C=O) groups is 2. The van der Waals surface area contributed by atoms with Gasteiger partial charge in [0.25, 0.3) is 5.91 Å². The second kappa shape index (κ2) is 10.6. The van der Waals surface area contributed by atoms with Crippen LogP contribution in [0.2, 0.25) is 0 Å². The molecule has 1 aromatic carbocycles. The van der Waals surface area contributed by atoms with Crippen molar-refractivity contribution in [2.45, 2.75) is 43.7 Å². The first kappa shape index (κ1) is 23.0. The first-order valence-corrected chi connectivity index (χ1v) is 11.6. The summed E-state index contributed by atoms with van der Waals surface area (Å²) in [6.45, 7) is 6.30. The molecule has 0 aliphatic heterocycles. The molecule has 0 fully saturated rings. The second-order valence-electron chi connectivity index (χ2n) is 7.99. The Morgan fingerprint density at radius 2 is 1.84 bits per heavy atom. The van der Waals surface area contributed by atoms with Gasteiger partial charge in [0.05, 0.1) is 0 Å². The Balaban J connectivity index is 1.67. The maximum Gasteiger partial charge on any atom is 0.270 e. The van der Waals surface area contributed by atoms with E-state index in [9.17, 15) is 9.59 Å². The van der Waals surface area contributed by atoms with E-state index in [2.05, 4.69) is 41.1 Å². The van der Waals surface area contributed by atoms with E-state index in [1.165, 1.54) is 0 Å². The molecule has 8 heteroatoms. The lowest BCUT2D eigenvalue weighted by atomic mass is 10.1. The molecule has 3 N–H and O–H groups in total. The SMILES string of the molecule is CC(C)(C)NSc1ccc(NC(=O)[C@H](Cc2cccs2)NC(=O)c2ccccn2)cc1. The molecule has 0 bridgehead atoms. The Hall–Kier alpha value is -2.68. The zero-order chi connectivity index (χ0) is 22.3. The van der Waals surface area contributed by atoms with Crippen LogP contribution < -0.4 is 15.4 Å². The summed E-state index contributed by atoms with van der Waals surface area (Å²) in [5.74, 6) is -0.650. The first-order chi connectivity index (χ1) is 14.8. The number of carbonyl (C=O) groups excluding carboxylic acids is 2. The Bertz CT molecular complexity index is 985. The number of benzene rings is 1. The van der Waals surface area contributed by atoms with Gasteiger partial charge in [0.15, 0.2) is 0 Å². The first-order valence-electron chi connectivity index (χ1n) is 9.89. The predicted molar refractivity (Wildman–Crippen MR) is 127 cm³/mol. The van der Waals surface area contributed by atoms with E-state index in [4.69, 9.17) is 0 Å². The van der Waals surface area contributed by atoms with Crippen molar-refractivity contribution in [2.24, 2.45) is 0 Å². The third kappa shape index (κ3) is 7.50. The number of amides is 2. The molecule has 6 nitrogen and oxygen atoms in total. The van der Waals surface area contributed by atoms with E-state index in [1.54, 1.807) is 47.7 Å². The number of nitrogens with zero attached hydrogens (tertiary/aromatic N) is 1. The standard InChI is InChI=1S/C23H26N4O2S2/c1-23(2,3)27-31-17-11-9-16(10-12-17)25-22(29)20(15-18-7-6-14-30-18)26-21(28)19-8-4-5-13-24-19/h4-14,20,27H,15H2,1-3H3,(H,25,29)(H,26,28)/t20-/m0/s1. The third-order valence-electron chi connectivity index (χ3n) is 4.10. The van der Waals surface area contributed by atoms with Crippen LogP contribution in [0.4, 0.5) is 5.69 Å². The topological polar surface area (TPSA) is 83.1 Å². The second-order valence-corrected chi connectivity index (χ2v) is 9.90. The summed E-state index contributed by atoms with van der Waals surface area (Å²) in [5, 5.41) is 7.68. The van der Waals surface area contributed by atoms with Crippen molar-refractivity contribution in [3.05, 3.63) is 76.7 Å². The quantitative estimate of drug-likeness (QED) is 0.436. The highest BCUT2D eigenvalue weighted by molar-refractivity contribution is 7.97. The number of aromatic nitrogens is 1. The van der Waals surface area contributed by atoms with E-state index < -0.39 is 6.04 Å². The highest BCUT2D eigenvalue weighted by atomic mass is 32.2. The molecule has 2 heterocycles. The van der Waals surface area contributed by atoms with Gasteiger partial charge in [-0.15, -0.1) is 11.3 Å². The van der Waals surface area contributed by atoms with Crippen LogP contribution in [0.1, 0.15) is 36.1 Å². The molecule has 0 saturated heterocycles. The van der Waals surface area contributed by atoms with Gasteiger partial charge < -0.3 is 10.6 Å². The molecule has 0 radical (unpaired) electrons. The number of nitrogens with one attached hydrogen (secondary N) is 3. The van der Waals surface area contributed by atoms with Crippen LogP contribution in [0.25, 0.3) is 0 Å². The molecule has 0 aliphatic rings. The van der Waals surface area contributed by atoms with Crippen molar-refractivity contribution in [1.82, 2.24) is 15.0 Å². The molecule has 0 spiro atoms. The number of rotatable bonds is 8. The zero-order valence-electron chi connectivity index (χ0n) is 17.7. The van der Waals surface area contributed by atoms with E-state index in [0.29, 0.717) is 12.1 Å². The number of hydrogen-bond donors (Lipinski definition) is 3. The maximum absolute atomic E-state index is 13.0.